The Morgan fingerprint density at radius 3 is 2.30 bits per heavy atom. The monoisotopic (exact) mass is 148 g/mol. The van der Waals surface area contributed by atoms with E-state index in [1.165, 1.54) is 0 Å². The van der Waals surface area contributed by atoms with Gasteiger partial charge in [-0.1, -0.05) is 0 Å². The number of carbonyl (C=O) groups is 2. The van der Waals surface area contributed by atoms with Crippen molar-refractivity contribution in [3.63, 3.8) is 0 Å². The summed E-state index contributed by atoms with van der Waals surface area (Å²) in [5, 5.41) is 16.7. The van der Waals surface area contributed by atoms with Gasteiger partial charge in [0.15, 0.2) is 12.6 Å². The predicted octanol–water partition coefficient (Wildman–Crippen LogP) is -1.92. The number of hydrogen-bond donors (Lipinski definition) is 2. The van der Waals surface area contributed by atoms with Gasteiger partial charge in [-0.25, -0.2) is 0 Å². The van der Waals surface area contributed by atoms with E-state index in [9.17, 15) is 9.59 Å². The maximum absolute atomic E-state index is 9.88. The van der Waals surface area contributed by atoms with Crippen LogP contribution in [0.5, 0.6) is 0 Å². The Kier molecular flexibility index (Phi) is 4.65. The van der Waals surface area contributed by atoms with Gasteiger partial charge in [-0.2, -0.15) is 0 Å². The molecule has 0 aliphatic rings. The van der Waals surface area contributed by atoms with Crippen molar-refractivity contribution in [2.75, 3.05) is 6.61 Å². The van der Waals surface area contributed by atoms with Crippen LogP contribution in [0.4, 0.5) is 0 Å². The molecule has 5 heteroatoms. The van der Waals surface area contributed by atoms with Crippen LogP contribution < -0.4 is 0 Å². The van der Waals surface area contributed by atoms with Gasteiger partial charge in [0.1, 0.15) is 6.10 Å². The van der Waals surface area contributed by atoms with E-state index >= 15 is 0 Å². The lowest BCUT2D eigenvalue weighted by atomic mass is 10.4. The van der Waals surface area contributed by atoms with Crippen LogP contribution in [0.2, 0.25) is 0 Å². The fraction of sp³-hybridized carbons (Fsp3) is 0.600. The molecule has 0 amide bonds. The Morgan fingerprint density at radius 1 is 1.40 bits per heavy atom. The predicted molar refractivity (Wildman–Crippen MR) is 30.1 cm³/mol. The van der Waals surface area contributed by atoms with Crippen LogP contribution >= 0.6 is 0 Å². The minimum atomic E-state index is -1.64. The summed E-state index contributed by atoms with van der Waals surface area (Å²) >= 11 is 0. The second kappa shape index (κ2) is 5.04. The van der Waals surface area contributed by atoms with Gasteiger partial charge in [-0.05, 0) is 0 Å². The molecule has 0 aliphatic carbocycles. The zero-order chi connectivity index (χ0) is 7.98. The van der Waals surface area contributed by atoms with Gasteiger partial charge < -0.3 is 19.7 Å². The van der Waals surface area contributed by atoms with Gasteiger partial charge >= 0.3 is 0 Å². The summed E-state index contributed by atoms with van der Waals surface area (Å²) < 4.78 is 4.27. The first-order chi connectivity index (χ1) is 4.74. The molecule has 0 saturated heterocycles. The molecule has 0 saturated carbocycles. The van der Waals surface area contributed by atoms with Crippen molar-refractivity contribution in [1.29, 1.82) is 0 Å². The molecule has 2 atom stereocenters. The summed E-state index contributed by atoms with van der Waals surface area (Å²) in [6, 6.07) is 0. The molecular weight excluding hydrogens is 140 g/mol. The lowest BCUT2D eigenvalue weighted by Crippen LogP contribution is -2.26. The zero-order valence-electron chi connectivity index (χ0n) is 5.14. The highest BCUT2D eigenvalue weighted by atomic mass is 16.6. The maximum Gasteiger partial charge on any atom is 0.212 e. The number of ether oxygens (including phenoxy) is 1. The summed E-state index contributed by atoms with van der Waals surface area (Å²) in [7, 11) is 0. The van der Waals surface area contributed by atoms with Crippen LogP contribution in [0.15, 0.2) is 0 Å². The van der Waals surface area contributed by atoms with Crippen molar-refractivity contribution >= 4 is 12.6 Å². The summed E-state index contributed by atoms with van der Waals surface area (Å²) in [5.41, 5.74) is 0. The largest absolute Gasteiger partial charge is 0.393 e. The van der Waals surface area contributed by atoms with E-state index in [-0.39, 0.29) is 6.29 Å². The van der Waals surface area contributed by atoms with E-state index in [4.69, 9.17) is 10.2 Å². The van der Waals surface area contributed by atoms with Crippen LogP contribution in [0.25, 0.3) is 0 Å². The normalized spacial score (nSPS) is 15.8. The quantitative estimate of drug-likeness (QED) is 0.350. The lowest BCUT2D eigenvalue weighted by Gasteiger charge is -2.08. The Bertz CT molecular complexity index is 113. The summed E-state index contributed by atoms with van der Waals surface area (Å²) in [6.45, 7) is -0.547. The number of aliphatic hydroxyl groups excluding tert-OH is 2. The lowest BCUT2D eigenvalue weighted by molar-refractivity contribution is -0.161. The van der Waals surface area contributed by atoms with Crippen molar-refractivity contribution in [3.8, 4) is 0 Å². The first kappa shape index (κ1) is 9.22. The van der Waals surface area contributed by atoms with Gasteiger partial charge in [0.2, 0.25) is 6.29 Å². The van der Waals surface area contributed by atoms with Gasteiger partial charge in [-0.15, -0.1) is 0 Å². The average Bonchev–Trinajstić information content (AvgIpc) is 1.99. The molecule has 0 aromatic rings. The molecular formula is C5H8O5. The molecule has 2 unspecified atom stereocenters. The Hall–Kier alpha value is -0.780. The van der Waals surface area contributed by atoms with Crippen molar-refractivity contribution in [2.45, 2.75) is 12.4 Å². The molecule has 0 spiro atoms. The third-order valence-corrected chi connectivity index (χ3v) is 0.762. The second-order valence-corrected chi connectivity index (χ2v) is 1.52. The fourth-order valence-electron chi connectivity index (χ4n) is 0.329. The molecule has 0 aliphatic heterocycles. The van der Waals surface area contributed by atoms with E-state index in [1.54, 1.807) is 0 Å². The van der Waals surface area contributed by atoms with Gasteiger partial charge in [0.05, 0.1) is 6.61 Å². The Balaban J connectivity index is 3.61. The van der Waals surface area contributed by atoms with Crippen LogP contribution in [-0.2, 0) is 14.3 Å². The van der Waals surface area contributed by atoms with Gasteiger partial charge in [0, 0.05) is 0 Å². The molecule has 0 rings (SSSR count). The third-order valence-electron chi connectivity index (χ3n) is 0.762. The van der Waals surface area contributed by atoms with E-state index in [2.05, 4.69) is 4.74 Å². The maximum atomic E-state index is 9.88. The Labute approximate surface area is 57.2 Å². The van der Waals surface area contributed by atoms with Crippen LogP contribution in [0, 0.1) is 0 Å². The number of aliphatic hydroxyl groups is 2. The number of hydrogen-bond acceptors (Lipinski definition) is 5. The smallest absolute Gasteiger partial charge is 0.212 e. The number of aldehydes is 2. The molecule has 0 bridgehead atoms. The van der Waals surface area contributed by atoms with E-state index < -0.39 is 19.0 Å². The van der Waals surface area contributed by atoms with Crippen molar-refractivity contribution < 1.29 is 24.5 Å². The molecule has 0 fully saturated rings. The minimum Gasteiger partial charge on any atom is -0.393 e. The molecule has 58 valence electrons. The molecule has 0 heterocycles. The van der Waals surface area contributed by atoms with Crippen molar-refractivity contribution in [2.24, 2.45) is 0 Å². The third kappa shape index (κ3) is 3.29. The molecule has 2 N–H and O–H groups in total. The van der Waals surface area contributed by atoms with Crippen LogP contribution in [0.3, 0.4) is 0 Å². The fourth-order valence-corrected chi connectivity index (χ4v) is 0.329. The SMILES string of the molecule is O=CC(O)OC(C=O)CO. The van der Waals surface area contributed by atoms with E-state index in [0.717, 1.165) is 0 Å². The summed E-state index contributed by atoms with van der Waals surface area (Å²) in [6.07, 6.45) is -2.35. The molecule has 0 aromatic heterocycles. The van der Waals surface area contributed by atoms with Gasteiger partial charge in [0.25, 0.3) is 0 Å². The van der Waals surface area contributed by atoms with E-state index in [1.807, 2.05) is 0 Å². The van der Waals surface area contributed by atoms with Crippen molar-refractivity contribution in [3.05, 3.63) is 0 Å². The summed E-state index contributed by atoms with van der Waals surface area (Å²) in [4.78, 5) is 19.6. The Morgan fingerprint density at radius 2 is 2.00 bits per heavy atom. The minimum absolute atomic E-state index is 0.117. The van der Waals surface area contributed by atoms with Gasteiger partial charge in [-0.3, -0.25) is 4.79 Å². The first-order valence-electron chi connectivity index (χ1n) is 2.59. The second-order valence-electron chi connectivity index (χ2n) is 1.52. The highest BCUT2D eigenvalue weighted by Gasteiger charge is 2.10. The standard InChI is InChI=1S/C5H8O5/c6-1-4(2-7)10-5(9)3-8/h1,3-5,7,9H,2H2. The number of rotatable bonds is 5. The molecule has 0 radical (unpaired) electrons. The topological polar surface area (TPSA) is 83.8 Å². The molecule has 0 aromatic carbocycles. The summed E-state index contributed by atoms with van der Waals surface area (Å²) in [5.74, 6) is 0. The highest BCUT2D eigenvalue weighted by Crippen LogP contribution is 1.89. The average molecular weight is 148 g/mol. The highest BCUT2D eigenvalue weighted by molar-refractivity contribution is 5.58. The van der Waals surface area contributed by atoms with E-state index in [0.29, 0.717) is 6.29 Å². The zero-order valence-corrected chi connectivity index (χ0v) is 5.14. The van der Waals surface area contributed by atoms with Crippen molar-refractivity contribution in [1.82, 2.24) is 0 Å². The molecule has 5 nitrogen and oxygen atoms in total. The van der Waals surface area contributed by atoms with Crippen LogP contribution in [0.1, 0.15) is 0 Å². The van der Waals surface area contributed by atoms with Crippen LogP contribution in [-0.4, -0.2) is 41.8 Å². The number of carbonyl (C=O) groups excluding carboxylic acids is 2. The first-order valence-corrected chi connectivity index (χ1v) is 2.59. The molecule has 10 heavy (non-hydrogen) atoms.